The zero-order chi connectivity index (χ0) is 11.9. The maximum absolute atomic E-state index is 4.49. The van der Waals surface area contributed by atoms with Gasteiger partial charge in [0.15, 0.2) is 5.16 Å². The van der Waals surface area contributed by atoms with Gasteiger partial charge in [-0.3, -0.25) is 0 Å². The van der Waals surface area contributed by atoms with Crippen molar-refractivity contribution in [1.82, 2.24) is 9.55 Å². The molecule has 3 heteroatoms. The largest absolute Gasteiger partial charge is 0.317 e. The molecule has 0 unspecified atom stereocenters. The van der Waals surface area contributed by atoms with Crippen molar-refractivity contribution >= 4 is 11.8 Å². The van der Waals surface area contributed by atoms with Crippen LogP contribution in [0.5, 0.6) is 0 Å². The van der Waals surface area contributed by atoms with Crippen molar-refractivity contribution in [3.8, 4) is 0 Å². The molecule has 0 aliphatic carbocycles. The molecule has 0 aliphatic heterocycles. The van der Waals surface area contributed by atoms with Gasteiger partial charge in [-0.25, -0.2) is 4.98 Å². The Labute approximate surface area is 97.5 Å². The van der Waals surface area contributed by atoms with Gasteiger partial charge in [0, 0.05) is 22.8 Å². The Morgan fingerprint density at radius 2 is 1.67 bits per heavy atom. The van der Waals surface area contributed by atoms with Crippen LogP contribution < -0.4 is 0 Å². The Kier molecular flexibility index (Phi) is 3.24. The van der Waals surface area contributed by atoms with Gasteiger partial charge in [-0.15, -0.1) is 0 Å². The summed E-state index contributed by atoms with van der Waals surface area (Å²) in [5, 5.41) is 1.10. The zero-order valence-corrected chi connectivity index (χ0v) is 11.7. The Balaban J connectivity index is 3.37. The maximum Gasteiger partial charge on any atom is 0.168 e. The Hall–Kier alpha value is -0.440. The number of imidazole rings is 1. The van der Waals surface area contributed by atoms with Gasteiger partial charge >= 0.3 is 0 Å². The van der Waals surface area contributed by atoms with E-state index in [4.69, 9.17) is 0 Å². The van der Waals surface area contributed by atoms with Crippen LogP contribution in [0.3, 0.4) is 0 Å². The summed E-state index contributed by atoms with van der Waals surface area (Å²) >= 11 is 1.71. The lowest BCUT2D eigenvalue weighted by Crippen LogP contribution is -2.29. The smallest absolute Gasteiger partial charge is 0.168 e. The van der Waals surface area contributed by atoms with E-state index in [1.165, 1.54) is 5.69 Å². The van der Waals surface area contributed by atoms with Crippen LogP contribution in [0.15, 0.2) is 11.4 Å². The lowest BCUT2D eigenvalue weighted by Gasteiger charge is -2.30. The molecule has 0 saturated carbocycles. The quantitative estimate of drug-likeness (QED) is 0.680. The van der Waals surface area contributed by atoms with E-state index in [0.29, 0.717) is 0 Å². The molecule has 0 radical (unpaired) electrons. The number of rotatable bonds is 1. The first-order valence-corrected chi connectivity index (χ1v) is 6.53. The van der Waals surface area contributed by atoms with Gasteiger partial charge in [0.05, 0.1) is 0 Å². The maximum atomic E-state index is 4.49. The fraction of sp³-hybridized carbons (Fsp3) is 0.750. The summed E-state index contributed by atoms with van der Waals surface area (Å²) in [5.41, 5.74) is 1.55. The Morgan fingerprint density at radius 1 is 1.13 bits per heavy atom. The van der Waals surface area contributed by atoms with E-state index in [1.54, 1.807) is 11.8 Å². The van der Waals surface area contributed by atoms with Crippen molar-refractivity contribution in [2.75, 3.05) is 6.26 Å². The summed E-state index contributed by atoms with van der Waals surface area (Å²) in [7, 11) is 0. The summed E-state index contributed by atoms with van der Waals surface area (Å²) in [4.78, 5) is 4.49. The molecule has 0 saturated heterocycles. The summed E-state index contributed by atoms with van der Waals surface area (Å²) in [5.74, 6) is 0. The third-order valence-corrected chi connectivity index (χ3v) is 3.00. The Bertz CT molecular complexity index is 339. The molecule has 0 amide bonds. The third-order valence-electron chi connectivity index (χ3n) is 2.35. The molecule has 1 aromatic rings. The van der Waals surface area contributed by atoms with Crippen LogP contribution in [0.1, 0.15) is 47.2 Å². The number of hydrogen-bond donors (Lipinski definition) is 0. The van der Waals surface area contributed by atoms with Crippen LogP contribution in [-0.2, 0) is 11.0 Å². The van der Waals surface area contributed by atoms with E-state index >= 15 is 0 Å². The van der Waals surface area contributed by atoms with Crippen LogP contribution in [0, 0.1) is 0 Å². The van der Waals surface area contributed by atoms with E-state index < -0.39 is 0 Å². The molecule has 0 fully saturated rings. The van der Waals surface area contributed by atoms with Crippen molar-refractivity contribution in [3.05, 3.63) is 11.9 Å². The molecule has 0 atom stereocenters. The monoisotopic (exact) mass is 226 g/mol. The lowest BCUT2D eigenvalue weighted by atomic mass is 9.91. The molecule has 1 rings (SSSR count). The van der Waals surface area contributed by atoms with E-state index in [-0.39, 0.29) is 11.0 Å². The molecule has 0 spiro atoms. The normalized spacial score (nSPS) is 13.3. The van der Waals surface area contributed by atoms with Crippen molar-refractivity contribution < 1.29 is 0 Å². The molecule has 86 valence electrons. The number of nitrogens with zero attached hydrogens (tertiary/aromatic N) is 2. The van der Waals surface area contributed by atoms with Gasteiger partial charge < -0.3 is 4.57 Å². The average molecular weight is 226 g/mol. The van der Waals surface area contributed by atoms with Crippen LogP contribution in [0.2, 0.25) is 0 Å². The topological polar surface area (TPSA) is 17.8 Å². The van der Waals surface area contributed by atoms with Crippen molar-refractivity contribution in [1.29, 1.82) is 0 Å². The summed E-state index contributed by atoms with van der Waals surface area (Å²) in [6.07, 6.45) is 4.09. The van der Waals surface area contributed by atoms with Gasteiger partial charge in [-0.2, -0.15) is 0 Å². The van der Waals surface area contributed by atoms with Crippen molar-refractivity contribution in [2.24, 2.45) is 0 Å². The van der Waals surface area contributed by atoms with E-state index in [2.05, 4.69) is 57.3 Å². The second-order valence-electron chi connectivity index (χ2n) is 5.89. The molecule has 0 aliphatic rings. The average Bonchev–Trinajstić information content (AvgIpc) is 2.44. The molecular weight excluding hydrogens is 204 g/mol. The molecule has 0 N–H and O–H groups in total. The van der Waals surface area contributed by atoms with Gasteiger partial charge in [0.2, 0.25) is 0 Å². The van der Waals surface area contributed by atoms with Crippen LogP contribution in [-0.4, -0.2) is 15.8 Å². The highest BCUT2D eigenvalue weighted by Gasteiger charge is 2.27. The molecule has 0 bridgehead atoms. The third kappa shape index (κ3) is 2.57. The first-order valence-electron chi connectivity index (χ1n) is 5.30. The highest BCUT2D eigenvalue weighted by atomic mass is 32.2. The van der Waals surface area contributed by atoms with E-state index in [9.17, 15) is 0 Å². The number of hydrogen-bond acceptors (Lipinski definition) is 2. The standard InChI is InChI=1S/C12H22N2S/c1-11(2,3)9-8-13-10(15-7)14(9)12(4,5)6/h8H,1-7H3. The first-order chi connectivity index (χ1) is 6.68. The highest BCUT2D eigenvalue weighted by Crippen LogP contribution is 2.31. The second kappa shape index (κ2) is 3.85. The predicted molar refractivity (Wildman–Crippen MR) is 67.7 cm³/mol. The second-order valence-corrected chi connectivity index (χ2v) is 6.66. The molecule has 0 aromatic carbocycles. The molecular formula is C12H22N2S. The summed E-state index contributed by atoms with van der Waals surface area (Å²) in [6, 6.07) is 0. The van der Waals surface area contributed by atoms with E-state index in [0.717, 1.165) is 5.16 Å². The van der Waals surface area contributed by atoms with Gasteiger partial charge in [-0.1, -0.05) is 32.5 Å². The predicted octanol–water partition coefficient (Wildman–Crippen LogP) is 3.66. The fourth-order valence-corrected chi connectivity index (χ4v) is 2.37. The first kappa shape index (κ1) is 12.6. The molecule has 15 heavy (non-hydrogen) atoms. The van der Waals surface area contributed by atoms with Crippen LogP contribution in [0.4, 0.5) is 0 Å². The lowest BCUT2D eigenvalue weighted by molar-refractivity contribution is 0.334. The molecule has 2 nitrogen and oxygen atoms in total. The van der Waals surface area contributed by atoms with Gasteiger partial charge in [0.25, 0.3) is 0 Å². The van der Waals surface area contributed by atoms with Gasteiger partial charge in [0.1, 0.15) is 0 Å². The minimum Gasteiger partial charge on any atom is -0.317 e. The molecule has 1 heterocycles. The van der Waals surface area contributed by atoms with Crippen molar-refractivity contribution in [3.63, 3.8) is 0 Å². The van der Waals surface area contributed by atoms with Crippen molar-refractivity contribution in [2.45, 2.75) is 57.7 Å². The van der Waals surface area contributed by atoms with Crippen LogP contribution in [0.25, 0.3) is 0 Å². The summed E-state index contributed by atoms with van der Waals surface area (Å²) in [6.45, 7) is 13.4. The SMILES string of the molecule is CSc1ncc(C(C)(C)C)n1C(C)(C)C. The number of aromatic nitrogens is 2. The summed E-state index contributed by atoms with van der Waals surface area (Å²) < 4.78 is 2.34. The molecule has 1 aromatic heterocycles. The number of thioether (sulfide) groups is 1. The fourth-order valence-electron chi connectivity index (χ4n) is 1.66. The van der Waals surface area contributed by atoms with Crippen LogP contribution >= 0.6 is 11.8 Å². The Morgan fingerprint density at radius 3 is 2.00 bits per heavy atom. The zero-order valence-electron chi connectivity index (χ0n) is 10.9. The minimum absolute atomic E-state index is 0.0947. The minimum atomic E-state index is 0.0947. The van der Waals surface area contributed by atoms with E-state index in [1.807, 2.05) is 6.20 Å². The van der Waals surface area contributed by atoms with Gasteiger partial charge in [-0.05, 0) is 27.0 Å². The highest BCUT2D eigenvalue weighted by molar-refractivity contribution is 7.98.